The molecule has 0 radical (unpaired) electrons. The van der Waals surface area contributed by atoms with E-state index in [2.05, 4.69) is 81.4 Å². The number of hydrogen-bond donors (Lipinski definition) is 2. The Bertz CT molecular complexity index is 1250. The van der Waals surface area contributed by atoms with Crippen molar-refractivity contribution in [1.82, 2.24) is 0 Å². The average molecular weight is 495 g/mol. The molecule has 0 amide bonds. The summed E-state index contributed by atoms with van der Waals surface area (Å²) in [5, 5.41) is 8.40. The lowest BCUT2D eigenvalue weighted by atomic mass is 9.86. The summed E-state index contributed by atoms with van der Waals surface area (Å²) in [6, 6.07) is 24.5. The molecule has 0 aliphatic heterocycles. The molecule has 4 rings (SSSR count). The number of alkyl halides is 3. The van der Waals surface area contributed by atoms with Gasteiger partial charge in [-0.15, -0.1) is 12.6 Å². The summed E-state index contributed by atoms with van der Waals surface area (Å²) in [5.74, 6) is -1.24. The number of aromatic carboxylic acids is 1. The number of thiol groups is 1. The summed E-state index contributed by atoms with van der Waals surface area (Å²) in [4.78, 5) is 11.4. The summed E-state index contributed by atoms with van der Waals surface area (Å²) >= 11 is 4.80. The van der Waals surface area contributed by atoms with Crippen LogP contribution < -0.4 is 0 Å². The topological polar surface area (TPSA) is 37.3 Å². The molecule has 0 aromatic heterocycles. The van der Waals surface area contributed by atoms with Gasteiger partial charge in [-0.3, -0.25) is 0 Å². The Kier molecular flexibility index (Phi) is 8.07. The minimum atomic E-state index is -4.42. The summed E-state index contributed by atoms with van der Waals surface area (Å²) in [7, 11) is 0. The Hall–Kier alpha value is -3.51. The van der Waals surface area contributed by atoms with Gasteiger partial charge in [-0.25, -0.2) is 4.79 Å². The van der Waals surface area contributed by atoms with E-state index >= 15 is 0 Å². The first-order chi connectivity index (χ1) is 16.5. The van der Waals surface area contributed by atoms with Crippen LogP contribution in [0, 0.1) is 20.8 Å². The number of benzene rings is 4. The predicted molar refractivity (Wildman–Crippen MR) is 137 cm³/mol. The van der Waals surface area contributed by atoms with Crippen molar-refractivity contribution in [3.05, 3.63) is 113 Å². The molecule has 6 heteroatoms. The largest absolute Gasteiger partial charge is 0.478 e. The third kappa shape index (κ3) is 5.95. The third-order valence-electron chi connectivity index (χ3n) is 5.79. The number of hydrogen-bond acceptors (Lipinski definition) is 2. The molecule has 0 aliphatic carbocycles. The van der Waals surface area contributed by atoms with Crippen molar-refractivity contribution in [3.63, 3.8) is 0 Å². The van der Waals surface area contributed by atoms with E-state index in [0.29, 0.717) is 0 Å². The van der Waals surface area contributed by atoms with Gasteiger partial charge in [0.05, 0.1) is 11.1 Å². The van der Waals surface area contributed by atoms with Crippen LogP contribution in [-0.4, -0.2) is 11.1 Å². The van der Waals surface area contributed by atoms with E-state index in [4.69, 9.17) is 17.7 Å². The third-order valence-corrected chi connectivity index (χ3v) is 6.47. The second-order valence-corrected chi connectivity index (χ2v) is 8.53. The molecule has 180 valence electrons. The maximum absolute atomic E-state index is 12.0. The molecule has 1 N–H and O–H groups in total. The van der Waals surface area contributed by atoms with E-state index in [1.165, 1.54) is 38.9 Å². The van der Waals surface area contributed by atoms with Crippen molar-refractivity contribution in [1.29, 1.82) is 0 Å². The molecular formula is C29H25F3O2S. The molecular weight excluding hydrogens is 469 g/mol. The fourth-order valence-corrected chi connectivity index (χ4v) is 4.31. The normalized spacial score (nSPS) is 10.9. The summed E-state index contributed by atoms with van der Waals surface area (Å²) in [5.41, 5.74) is 7.93. The molecule has 0 unspecified atom stereocenters. The van der Waals surface area contributed by atoms with Gasteiger partial charge in [-0.1, -0.05) is 60.7 Å². The predicted octanol–water partition coefficient (Wildman–Crippen LogP) is 8.64. The molecule has 0 saturated heterocycles. The quantitative estimate of drug-likeness (QED) is 0.280. The lowest BCUT2D eigenvalue weighted by molar-refractivity contribution is -0.137. The Morgan fingerprint density at radius 3 is 1.43 bits per heavy atom. The van der Waals surface area contributed by atoms with Gasteiger partial charge in [0, 0.05) is 4.90 Å². The zero-order valence-corrected chi connectivity index (χ0v) is 20.4. The standard InChI is InChI=1S/C21H20S.C8H5F3O2/c1-14-19(17-10-6-4-7-11-17)15(2)21(22)16(3)20(14)18-12-8-5-9-13-18;9-8(10,11)6-3-1-5(2-4-6)7(12)13/h4-13,22H,1-3H3;1-4H,(H,12,13). The number of carboxylic acid groups (broad SMARTS) is 1. The number of carbonyl (C=O) groups is 1. The van der Waals surface area contributed by atoms with E-state index < -0.39 is 17.7 Å². The highest BCUT2D eigenvalue weighted by atomic mass is 32.1. The van der Waals surface area contributed by atoms with Crippen LogP contribution in [0.2, 0.25) is 0 Å². The monoisotopic (exact) mass is 494 g/mol. The number of halogens is 3. The van der Waals surface area contributed by atoms with Gasteiger partial charge in [-0.05, 0) is 84.0 Å². The zero-order chi connectivity index (χ0) is 25.8. The minimum Gasteiger partial charge on any atom is -0.478 e. The zero-order valence-electron chi connectivity index (χ0n) is 19.5. The highest BCUT2D eigenvalue weighted by Crippen LogP contribution is 2.40. The lowest BCUT2D eigenvalue weighted by Gasteiger charge is -2.20. The first-order valence-electron chi connectivity index (χ1n) is 10.9. The van der Waals surface area contributed by atoms with Crippen LogP contribution in [0.15, 0.2) is 89.8 Å². The van der Waals surface area contributed by atoms with Crippen molar-refractivity contribution < 1.29 is 23.1 Å². The van der Waals surface area contributed by atoms with E-state index in [0.717, 1.165) is 29.2 Å². The van der Waals surface area contributed by atoms with E-state index in [1.54, 1.807) is 0 Å². The van der Waals surface area contributed by atoms with Crippen molar-refractivity contribution in [2.75, 3.05) is 0 Å². The molecule has 0 fully saturated rings. The summed E-state index contributed by atoms with van der Waals surface area (Å²) in [6.07, 6.45) is -4.42. The fourth-order valence-electron chi connectivity index (χ4n) is 4.08. The van der Waals surface area contributed by atoms with E-state index in [9.17, 15) is 18.0 Å². The van der Waals surface area contributed by atoms with Gasteiger partial charge in [0.2, 0.25) is 0 Å². The van der Waals surface area contributed by atoms with Crippen LogP contribution in [0.25, 0.3) is 22.3 Å². The van der Waals surface area contributed by atoms with Crippen LogP contribution in [0.5, 0.6) is 0 Å². The van der Waals surface area contributed by atoms with Gasteiger partial charge in [-0.2, -0.15) is 13.2 Å². The van der Waals surface area contributed by atoms with Crippen molar-refractivity contribution in [2.24, 2.45) is 0 Å². The second kappa shape index (κ2) is 10.8. The van der Waals surface area contributed by atoms with Gasteiger partial charge >= 0.3 is 12.1 Å². The van der Waals surface area contributed by atoms with Gasteiger partial charge in [0.25, 0.3) is 0 Å². The maximum Gasteiger partial charge on any atom is 0.416 e. The molecule has 4 aromatic carbocycles. The smallest absolute Gasteiger partial charge is 0.416 e. The Balaban J connectivity index is 0.000000225. The van der Waals surface area contributed by atoms with Gasteiger partial charge in [0.1, 0.15) is 0 Å². The molecule has 0 saturated carbocycles. The first-order valence-corrected chi connectivity index (χ1v) is 11.3. The molecule has 0 atom stereocenters. The van der Waals surface area contributed by atoms with Crippen LogP contribution in [-0.2, 0) is 6.18 Å². The molecule has 0 bridgehead atoms. The minimum absolute atomic E-state index is 0.159. The molecule has 0 aliphatic rings. The number of rotatable bonds is 3. The SMILES string of the molecule is Cc1c(S)c(C)c(-c2ccccc2)c(C)c1-c1ccccc1.O=C(O)c1ccc(C(F)(F)F)cc1. The highest BCUT2D eigenvalue weighted by molar-refractivity contribution is 7.80. The average Bonchev–Trinajstić information content (AvgIpc) is 2.84. The van der Waals surface area contributed by atoms with Crippen LogP contribution in [0.1, 0.15) is 32.6 Å². The van der Waals surface area contributed by atoms with Crippen molar-refractivity contribution in [2.45, 2.75) is 31.8 Å². The molecule has 4 aromatic rings. The van der Waals surface area contributed by atoms with Gasteiger partial charge in [0.15, 0.2) is 0 Å². The fraction of sp³-hybridized carbons (Fsp3) is 0.138. The second-order valence-electron chi connectivity index (χ2n) is 8.09. The molecule has 35 heavy (non-hydrogen) atoms. The van der Waals surface area contributed by atoms with E-state index in [-0.39, 0.29) is 5.56 Å². The molecule has 0 spiro atoms. The van der Waals surface area contributed by atoms with Crippen molar-refractivity contribution >= 4 is 18.6 Å². The maximum atomic E-state index is 12.0. The highest BCUT2D eigenvalue weighted by Gasteiger charge is 2.30. The van der Waals surface area contributed by atoms with Crippen molar-refractivity contribution in [3.8, 4) is 22.3 Å². The van der Waals surface area contributed by atoms with E-state index in [1.807, 2.05) is 0 Å². The Morgan fingerprint density at radius 2 is 1.09 bits per heavy atom. The Morgan fingerprint density at radius 1 is 0.686 bits per heavy atom. The van der Waals surface area contributed by atoms with Gasteiger partial charge < -0.3 is 5.11 Å². The molecule has 2 nitrogen and oxygen atoms in total. The molecule has 0 heterocycles. The van der Waals surface area contributed by atoms with Crippen LogP contribution in [0.4, 0.5) is 13.2 Å². The number of carboxylic acids is 1. The first kappa shape index (κ1) is 26.1. The van der Waals surface area contributed by atoms with Crippen LogP contribution in [0.3, 0.4) is 0 Å². The Labute approximate surface area is 208 Å². The van der Waals surface area contributed by atoms with Crippen LogP contribution >= 0.6 is 12.6 Å². The lowest BCUT2D eigenvalue weighted by Crippen LogP contribution is -2.05. The summed E-state index contributed by atoms with van der Waals surface area (Å²) in [6.45, 7) is 6.55. The summed E-state index contributed by atoms with van der Waals surface area (Å²) < 4.78 is 35.9.